The van der Waals surface area contributed by atoms with Crippen LogP contribution in [-0.2, 0) is 0 Å². The molecule has 0 aliphatic heterocycles. The molecule has 3 saturated carbocycles. The molecule has 28 heavy (non-hydrogen) atoms. The van der Waals surface area contributed by atoms with Crippen LogP contribution in [0.25, 0.3) is 0 Å². The zero-order valence-corrected chi connectivity index (χ0v) is 19.0. The van der Waals surface area contributed by atoms with Gasteiger partial charge in [0.1, 0.15) is 0 Å². The third-order valence-electron chi connectivity index (χ3n) is 8.35. The Morgan fingerprint density at radius 1 is 1.11 bits per heavy atom. The molecule has 0 spiro atoms. The molecule has 158 valence electrons. The molecule has 3 aliphatic carbocycles. The second kappa shape index (κ2) is 9.33. The SMILES string of the molecule is C=C1CC[C@H](O)C/C1=C\C=C1/CCC[C@]2(C)[C@@H]1CC[C@@H]2[C@@H](C)CCCC(C)C. The molecular weight excluding hydrogens is 340 g/mol. The van der Waals surface area contributed by atoms with Gasteiger partial charge in [0.25, 0.3) is 0 Å². The first kappa shape index (κ1) is 21.9. The first-order chi connectivity index (χ1) is 13.3. The van der Waals surface area contributed by atoms with Crippen LogP contribution in [0.1, 0.15) is 98.3 Å². The molecule has 0 unspecified atom stereocenters. The first-order valence-electron chi connectivity index (χ1n) is 12.1. The number of hydrogen-bond acceptors (Lipinski definition) is 1. The maximum atomic E-state index is 10.0. The minimum atomic E-state index is -0.172. The van der Waals surface area contributed by atoms with Gasteiger partial charge in [0.15, 0.2) is 0 Å². The van der Waals surface area contributed by atoms with Crippen LogP contribution in [0.3, 0.4) is 0 Å². The summed E-state index contributed by atoms with van der Waals surface area (Å²) in [5.41, 5.74) is 4.72. The van der Waals surface area contributed by atoms with Gasteiger partial charge in [-0.25, -0.2) is 0 Å². The van der Waals surface area contributed by atoms with Crippen molar-refractivity contribution in [3.8, 4) is 0 Å². The third-order valence-corrected chi connectivity index (χ3v) is 8.35. The Balaban J connectivity index is 1.70. The van der Waals surface area contributed by atoms with Gasteiger partial charge in [-0.05, 0) is 86.0 Å². The Hall–Kier alpha value is -0.820. The second-order valence-electron chi connectivity index (χ2n) is 10.8. The van der Waals surface area contributed by atoms with Crippen LogP contribution in [-0.4, -0.2) is 11.2 Å². The fourth-order valence-electron chi connectivity index (χ4n) is 6.66. The van der Waals surface area contributed by atoms with Gasteiger partial charge >= 0.3 is 0 Å². The zero-order chi connectivity index (χ0) is 20.3. The van der Waals surface area contributed by atoms with E-state index < -0.39 is 0 Å². The van der Waals surface area contributed by atoms with Gasteiger partial charge in [-0.15, -0.1) is 0 Å². The minimum absolute atomic E-state index is 0.172. The van der Waals surface area contributed by atoms with E-state index in [-0.39, 0.29) is 6.10 Å². The molecular formula is C27H44O. The Labute approximate surface area is 174 Å². The maximum Gasteiger partial charge on any atom is 0.0583 e. The van der Waals surface area contributed by atoms with Crippen molar-refractivity contribution in [3.63, 3.8) is 0 Å². The predicted octanol–water partition coefficient (Wildman–Crippen LogP) is 7.62. The topological polar surface area (TPSA) is 20.2 Å². The highest BCUT2D eigenvalue weighted by atomic mass is 16.3. The second-order valence-corrected chi connectivity index (χ2v) is 10.8. The van der Waals surface area contributed by atoms with Crippen molar-refractivity contribution in [2.24, 2.45) is 29.1 Å². The first-order valence-corrected chi connectivity index (χ1v) is 12.1. The third kappa shape index (κ3) is 4.84. The number of fused-ring (bicyclic) bond motifs is 1. The standard InChI is InChI=1S/C27H44O/c1-19(2)8-6-9-21(4)25-15-16-26-22(10-7-17-27(25,26)5)12-13-23-18-24(28)14-11-20(23)3/h12-13,19,21,24-26,28H,3,6-11,14-18H2,1-2,4-5H3/b22-12+,23-13+/t21-,24-,25+,26+,27-/m0/s1. The van der Waals surface area contributed by atoms with Crippen molar-refractivity contribution in [2.45, 2.75) is 104 Å². The van der Waals surface area contributed by atoms with Crippen molar-refractivity contribution >= 4 is 0 Å². The largest absolute Gasteiger partial charge is 0.393 e. The smallest absolute Gasteiger partial charge is 0.0583 e. The van der Waals surface area contributed by atoms with Crippen LogP contribution in [0.5, 0.6) is 0 Å². The van der Waals surface area contributed by atoms with Gasteiger partial charge in [-0.2, -0.15) is 0 Å². The summed E-state index contributed by atoms with van der Waals surface area (Å²) in [5.74, 6) is 3.37. The number of rotatable bonds is 6. The molecule has 0 heterocycles. The van der Waals surface area contributed by atoms with Crippen LogP contribution in [0.2, 0.25) is 0 Å². The molecule has 1 nitrogen and oxygen atoms in total. The molecule has 0 bridgehead atoms. The van der Waals surface area contributed by atoms with Crippen molar-refractivity contribution < 1.29 is 5.11 Å². The summed E-state index contributed by atoms with van der Waals surface area (Å²) < 4.78 is 0. The highest BCUT2D eigenvalue weighted by Crippen LogP contribution is 2.59. The van der Waals surface area contributed by atoms with E-state index in [2.05, 4.69) is 46.4 Å². The Kier molecular flexibility index (Phi) is 7.29. The van der Waals surface area contributed by atoms with Crippen LogP contribution in [0, 0.1) is 29.1 Å². The summed E-state index contributed by atoms with van der Waals surface area (Å²) in [4.78, 5) is 0. The molecule has 3 rings (SSSR count). The maximum absolute atomic E-state index is 10.0. The zero-order valence-electron chi connectivity index (χ0n) is 19.0. The molecule has 5 atom stereocenters. The predicted molar refractivity (Wildman–Crippen MR) is 121 cm³/mol. The van der Waals surface area contributed by atoms with E-state index in [0.717, 1.165) is 42.9 Å². The Morgan fingerprint density at radius 3 is 2.64 bits per heavy atom. The van der Waals surface area contributed by atoms with Gasteiger partial charge in [0.05, 0.1) is 6.10 Å². The average Bonchev–Trinajstić information content (AvgIpc) is 2.99. The van der Waals surface area contributed by atoms with Gasteiger partial charge in [-0.1, -0.05) is 76.8 Å². The molecule has 1 heteroatoms. The molecule has 0 radical (unpaired) electrons. The number of hydrogen-bond donors (Lipinski definition) is 1. The van der Waals surface area contributed by atoms with Gasteiger partial charge < -0.3 is 5.11 Å². The number of aliphatic hydroxyl groups is 1. The lowest BCUT2D eigenvalue weighted by Gasteiger charge is -2.44. The molecule has 0 aromatic heterocycles. The van der Waals surface area contributed by atoms with Crippen molar-refractivity contribution in [1.29, 1.82) is 0 Å². The summed E-state index contributed by atoms with van der Waals surface area (Å²) >= 11 is 0. The van der Waals surface area contributed by atoms with Crippen LogP contribution in [0.15, 0.2) is 35.5 Å². The van der Waals surface area contributed by atoms with E-state index in [9.17, 15) is 5.11 Å². The quantitative estimate of drug-likeness (QED) is 0.499. The number of allylic oxidation sites excluding steroid dienone is 4. The normalized spacial score (nSPS) is 37.6. The summed E-state index contributed by atoms with van der Waals surface area (Å²) in [6.45, 7) is 14.1. The average molecular weight is 385 g/mol. The Bertz CT molecular complexity index is 610. The molecule has 1 N–H and O–H groups in total. The molecule has 0 aromatic carbocycles. The fourth-order valence-corrected chi connectivity index (χ4v) is 6.66. The van der Waals surface area contributed by atoms with E-state index in [1.54, 1.807) is 5.57 Å². The highest BCUT2D eigenvalue weighted by Gasteiger charge is 2.50. The highest BCUT2D eigenvalue weighted by molar-refractivity contribution is 5.36. The van der Waals surface area contributed by atoms with Crippen molar-refractivity contribution in [3.05, 3.63) is 35.5 Å². The molecule has 0 saturated heterocycles. The van der Waals surface area contributed by atoms with Crippen molar-refractivity contribution in [2.75, 3.05) is 0 Å². The van der Waals surface area contributed by atoms with Crippen molar-refractivity contribution in [1.82, 2.24) is 0 Å². The lowest BCUT2D eigenvalue weighted by Crippen LogP contribution is -2.36. The van der Waals surface area contributed by atoms with Crippen LogP contribution in [0.4, 0.5) is 0 Å². The molecule has 3 fully saturated rings. The molecule has 0 amide bonds. The summed E-state index contributed by atoms with van der Waals surface area (Å²) in [6.07, 6.45) is 18.2. The van der Waals surface area contributed by atoms with Gasteiger partial charge in [0.2, 0.25) is 0 Å². The van der Waals surface area contributed by atoms with Crippen LogP contribution >= 0.6 is 0 Å². The lowest BCUT2D eigenvalue weighted by molar-refractivity contribution is 0.0929. The monoisotopic (exact) mass is 384 g/mol. The molecule has 0 aromatic rings. The van der Waals surface area contributed by atoms with E-state index >= 15 is 0 Å². The summed E-state index contributed by atoms with van der Waals surface area (Å²) in [7, 11) is 0. The minimum Gasteiger partial charge on any atom is -0.393 e. The number of aliphatic hydroxyl groups excluding tert-OH is 1. The van der Waals surface area contributed by atoms with Gasteiger partial charge in [-0.3, -0.25) is 0 Å². The van der Waals surface area contributed by atoms with Gasteiger partial charge in [0, 0.05) is 0 Å². The van der Waals surface area contributed by atoms with E-state index in [1.165, 1.54) is 62.5 Å². The van der Waals surface area contributed by atoms with E-state index in [1.807, 2.05) is 0 Å². The van der Waals surface area contributed by atoms with E-state index in [0.29, 0.717) is 5.41 Å². The molecule has 3 aliphatic rings. The summed E-state index contributed by atoms with van der Waals surface area (Å²) in [6, 6.07) is 0. The lowest BCUT2D eigenvalue weighted by atomic mass is 9.60. The summed E-state index contributed by atoms with van der Waals surface area (Å²) in [5, 5.41) is 10.0. The van der Waals surface area contributed by atoms with E-state index in [4.69, 9.17) is 0 Å². The van der Waals surface area contributed by atoms with Crippen LogP contribution < -0.4 is 0 Å². The fraction of sp³-hybridized carbons (Fsp3) is 0.778. The Morgan fingerprint density at radius 2 is 1.89 bits per heavy atom.